The van der Waals surface area contributed by atoms with E-state index in [9.17, 15) is 19.2 Å². The number of amides is 2. The van der Waals surface area contributed by atoms with Crippen molar-refractivity contribution in [2.75, 3.05) is 19.0 Å². The molecule has 0 aromatic heterocycles. The fourth-order valence-electron chi connectivity index (χ4n) is 3.22. The molecule has 0 atom stereocenters. The van der Waals surface area contributed by atoms with E-state index in [1.807, 2.05) is 42.5 Å². The van der Waals surface area contributed by atoms with Gasteiger partial charge in [0.2, 0.25) is 11.7 Å². The summed E-state index contributed by atoms with van der Waals surface area (Å²) in [5.41, 5.74) is 1.59. The van der Waals surface area contributed by atoms with Gasteiger partial charge in [-0.3, -0.25) is 14.4 Å². The number of benzene rings is 3. The number of carbonyl (C=O) groups excluding carboxylic acids is 3. The summed E-state index contributed by atoms with van der Waals surface area (Å²) in [4.78, 5) is 50.6. The maximum Gasteiger partial charge on any atom is 0.372 e. The molecule has 31 heavy (non-hydrogen) atoms. The van der Waals surface area contributed by atoms with E-state index < -0.39 is 24.1 Å². The number of Topliss-reactive ketones (excluding diaryl/α,β-unsaturated/α-hetero) is 1. The Morgan fingerprint density at radius 2 is 1.55 bits per heavy atom. The number of ketones is 1. The quantitative estimate of drug-likeness (QED) is 0.470. The van der Waals surface area contributed by atoms with Crippen molar-refractivity contribution < 1.29 is 24.3 Å². The number of anilines is 1. The van der Waals surface area contributed by atoms with Gasteiger partial charge < -0.3 is 14.9 Å². The molecule has 0 saturated heterocycles. The first-order valence-corrected chi connectivity index (χ1v) is 9.62. The van der Waals surface area contributed by atoms with E-state index in [4.69, 9.17) is 5.11 Å². The number of hydrogen-bond donors (Lipinski definition) is 1. The average Bonchev–Trinajstić information content (AvgIpc) is 2.76. The highest BCUT2D eigenvalue weighted by Gasteiger charge is 2.24. The lowest BCUT2D eigenvalue weighted by atomic mass is 10.1. The lowest BCUT2D eigenvalue weighted by Gasteiger charge is -2.24. The molecule has 0 aliphatic rings. The predicted octanol–water partition coefficient (Wildman–Crippen LogP) is 3.12. The van der Waals surface area contributed by atoms with Crippen molar-refractivity contribution in [3.05, 3.63) is 77.9 Å². The molecule has 2 amide bonds. The van der Waals surface area contributed by atoms with E-state index in [-0.39, 0.29) is 12.5 Å². The molecule has 7 heteroatoms. The molecule has 0 fully saturated rings. The maximum absolute atomic E-state index is 12.9. The SMILES string of the molecule is CN(C)C(=O)c1cccc(N(Cc2ccc3ccccc3c2)C(=O)CC(=O)C(=O)O)c1. The molecule has 0 aliphatic heterocycles. The van der Waals surface area contributed by atoms with E-state index in [1.54, 1.807) is 38.4 Å². The van der Waals surface area contributed by atoms with Crippen LogP contribution in [-0.4, -0.2) is 47.7 Å². The van der Waals surface area contributed by atoms with Gasteiger partial charge in [-0.15, -0.1) is 0 Å². The Balaban J connectivity index is 1.99. The molecule has 0 unspecified atom stereocenters. The highest BCUT2D eigenvalue weighted by molar-refractivity contribution is 6.36. The molecule has 0 saturated carbocycles. The van der Waals surface area contributed by atoms with Crippen molar-refractivity contribution in [1.82, 2.24) is 4.90 Å². The number of nitrogens with zero attached hydrogens (tertiary/aromatic N) is 2. The van der Waals surface area contributed by atoms with Crippen molar-refractivity contribution in [3.8, 4) is 0 Å². The Morgan fingerprint density at radius 3 is 2.23 bits per heavy atom. The first-order chi connectivity index (χ1) is 14.8. The van der Waals surface area contributed by atoms with Gasteiger partial charge in [0.15, 0.2) is 0 Å². The standard InChI is InChI=1S/C24H22N2O5/c1-25(2)23(29)19-8-5-9-20(13-19)26(22(28)14-21(27)24(30)31)15-16-10-11-17-6-3-4-7-18(17)12-16/h3-13H,14-15H2,1-2H3,(H,30,31). The monoisotopic (exact) mass is 418 g/mol. The second-order valence-electron chi connectivity index (χ2n) is 7.32. The number of rotatable bonds is 7. The number of carboxylic acid groups (broad SMARTS) is 1. The fourth-order valence-corrected chi connectivity index (χ4v) is 3.22. The third kappa shape index (κ3) is 5.14. The first kappa shape index (κ1) is 21.7. The summed E-state index contributed by atoms with van der Waals surface area (Å²) < 4.78 is 0. The Kier molecular flexibility index (Phi) is 6.45. The smallest absolute Gasteiger partial charge is 0.372 e. The van der Waals surface area contributed by atoms with Crippen LogP contribution in [0.5, 0.6) is 0 Å². The van der Waals surface area contributed by atoms with Gasteiger partial charge in [-0.2, -0.15) is 0 Å². The zero-order valence-corrected chi connectivity index (χ0v) is 17.2. The lowest BCUT2D eigenvalue weighted by molar-refractivity contribution is -0.150. The molecule has 0 spiro atoms. The molecular formula is C24H22N2O5. The molecular weight excluding hydrogens is 396 g/mol. The summed E-state index contributed by atoms with van der Waals surface area (Å²) in [6.07, 6.45) is -0.769. The van der Waals surface area contributed by atoms with E-state index in [0.29, 0.717) is 11.3 Å². The Hall–Kier alpha value is -4.00. The lowest BCUT2D eigenvalue weighted by Crippen LogP contribution is -2.33. The molecule has 0 bridgehead atoms. The van der Waals surface area contributed by atoms with Crippen molar-refractivity contribution in [2.45, 2.75) is 13.0 Å². The molecule has 1 N–H and O–H groups in total. The van der Waals surface area contributed by atoms with Gasteiger partial charge in [-0.25, -0.2) is 4.79 Å². The highest BCUT2D eigenvalue weighted by Crippen LogP contribution is 2.23. The largest absolute Gasteiger partial charge is 0.475 e. The summed E-state index contributed by atoms with van der Waals surface area (Å²) in [6.45, 7) is 0.121. The second-order valence-corrected chi connectivity index (χ2v) is 7.32. The number of aliphatic carboxylic acids is 1. The number of hydrogen-bond acceptors (Lipinski definition) is 4. The van der Waals surface area contributed by atoms with Crippen LogP contribution in [0.25, 0.3) is 10.8 Å². The van der Waals surface area contributed by atoms with Gasteiger partial charge in [0.1, 0.15) is 0 Å². The van der Waals surface area contributed by atoms with Crippen LogP contribution in [-0.2, 0) is 20.9 Å². The third-order valence-electron chi connectivity index (χ3n) is 4.82. The van der Waals surface area contributed by atoms with Crippen LogP contribution in [0.15, 0.2) is 66.7 Å². The van der Waals surface area contributed by atoms with E-state index in [0.717, 1.165) is 16.3 Å². The van der Waals surface area contributed by atoms with Gasteiger partial charge in [-0.1, -0.05) is 42.5 Å². The minimum absolute atomic E-state index is 0.121. The molecule has 3 aromatic rings. The summed E-state index contributed by atoms with van der Waals surface area (Å²) >= 11 is 0. The number of carbonyl (C=O) groups is 4. The topological polar surface area (TPSA) is 95.0 Å². The summed E-state index contributed by atoms with van der Waals surface area (Å²) in [7, 11) is 3.25. The summed E-state index contributed by atoms with van der Waals surface area (Å²) in [6, 6.07) is 20.0. The average molecular weight is 418 g/mol. The van der Waals surface area contributed by atoms with Gasteiger partial charge in [0.05, 0.1) is 13.0 Å². The van der Waals surface area contributed by atoms with Gasteiger partial charge in [0.25, 0.3) is 5.91 Å². The zero-order chi connectivity index (χ0) is 22.5. The zero-order valence-electron chi connectivity index (χ0n) is 17.2. The van der Waals surface area contributed by atoms with Crippen LogP contribution in [0.3, 0.4) is 0 Å². The van der Waals surface area contributed by atoms with Crippen LogP contribution < -0.4 is 4.90 Å². The Labute approximate surface area is 179 Å². The van der Waals surface area contributed by atoms with E-state index in [2.05, 4.69) is 0 Å². The molecule has 3 aromatic carbocycles. The Morgan fingerprint density at radius 1 is 0.839 bits per heavy atom. The maximum atomic E-state index is 12.9. The Bertz CT molecular complexity index is 1170. The van der Waals surface area contributed by atoms with Crippen LogP contribution in [0.1, 0.15) is 22.3 Å². The first-order valence-electron chi connectivity index (χ1n) is 9.62. The molecule has 7 nitrogen and oxygen atoms in total. The van der Waals surface area contributed by atoms with Crippen LogP contribution in [0, 0.1) is 0 Å². The van der Waals surface area contributed by atoms with Gasteiger partial charge >= 0.3 is 5.97 Å². The van der Waals surface area contributed by atoms with Crippen LogP contribution >= 0.6 is 0 Å². The van der Waals surface area contributed by atoms with Crippen LogP contribution in [0.4, 0.5) is 5.69 Å². The van der Waals surface area contributed by atoms with Gasteiger partial charge in [0, 0.05) is 25.3 Å². The number of fused-ring (bicyclic) bond motifs is 1. The highest BCUT2D eigenvalue weighted by atomic mass is 16.4. The fraction of sp³-hybridized carbons (Fsp3) is 0.167. The molecule has 3 rings (SSSR count). The third-order valence-corrected chi connectivity index (χ3v) is 4.82. The summed E-state index contributed by atoms with van der Waals surface area (Å²) in [5, 5.41) is 10.9. The van der Waals surface area contributed by atoms with Crippen LogP contribution in [0.2, 0.25) is 0 Å². The summed E-state index contributed by atoms with van der Waals surface area (Å²) in [5.74, 6) is -3.74. The van der Waals surface area contributed by atoms with Gasteiger partial charge in [-0.05, 0) is 40.6 Å². The van der Waals surface area contributed by atoms with Crippen molar-refractivity contribution in [2.24, 2.45) is 0 Å². The van der Waals surface area contributed by atoms with E-state index >= 15 is 0 Å². The van der Waals surface area contributed by atoms with Crippen molar-refractivity contribution >= 4 is 40.0 Å². The van der Waals surface area contributed by atoms with E-state index in [1.165, 1.54) is 9.80 Å². The molecule has 0 aliphatic carbocycles. The molecule has 0 heterocycles. The molecule has 0 radical (unpaired) electrons. The van der Waals surface area contributed by atoms with Crippen molar-refractivity contribution in [3.63, 3.8) is 0 Å². The normalized spacial score (nSPS) is 10.5. The number of carboxylic acids is 1. The van der Waals surface area contributed by atoms with Crippen molar-refractivity contribution in [1.29, 1.82) is 0 Å². The second kappa shape index (κ2) is 9.21. The minimum atomic E-state index is -1.66. The molecule has 158 valence electrons. The predicted molar refractivity (Wildman–Crippen MR) is 117 cm³/mol. The minimum Gasteiger partial charge on any atom is -0.475 e.